The minimum absolute atomic E-state index is 0.460. The number of pyridine rings is 1. The Bertz CT molecular complexity index is 2190. The van der Waals surface area contributed by atoms with Crippen molar-refractivity contribution >= 4 is 61.7 Å². The minimum atomic E-state index is -3.06. The van der Waals surface area contributed by atoms with Crippen LogP contribution < -0.4 is 15.9 Å². The smallest absolute Gasteiger partial charge is 0.171 e. The highest BCUT2D eigenvalue weighted by Gasteiger charge is 2.29. The Hall–Kier alpha value is -4.78. The fourth-order valence-electron chi connectivity index (χ4n) is 6.77. The summed E-state index contributed by atoms with van der Waals surface area (Å²) in [6, 6.07) is 45.6. The molecule has 0 fully saturated rings. The van der Waals surface area contributed by atoms with E-state index in [9.17, 15) is 0 Å². The molecule has 0 N–H and O–H groups in total. The van der Waals surface area contributed by atoms with E-state index in [4.69, 9.17) is 4.98 Å². The lowest BCUT2D eigenvalue weighted by Gasteiger charge is -2.22. The molecule has 1 atom stereocenters. The van der Waals surface area contributed by atoms with E-state index < -0.39 is 7.14 Å². The average molecular weight is 572 g/mol. The van der Waals surface area contributed by atoms with Gasteiger partial charge in [-0.1, -0.05) is 153 Å². The summed E-state index contributed by atoms with van der Waals surface area (Å²) in [5.74, 6) is 0.460. The number of nitrogens with zero attached hydrogens (tertiary/aromatic N) is 1. The molecule has 8 rings (SSSR count). The zero-order valence-corrected chi connectivity index (χ0v) is 24.8. The summed E-state index contributed by atoms with van der Waals surface area (Å²) in [5, 5.41) is 7.12. The molecular weight excluding hydrogens is 541 g/mol. The number of hydrogen-bond donors (Lipinski definition) is 0. The first-order chi connectivity index (χ1) is 21.1. The third kappa shape index (κ3) is 4.09. The van der Waals surface area contributed by atoms with E-state index in [1.165, 1.54) is 22.1 Å². The van der Waals surface area contributed by atoms with Crippen LogP contribution in [-0.2, 0) is 4.57 Å². The lowest BCUT2D eigenvalue weighted by Crippen LogP contribution is -2.24. The van der Waals surface area contributed by atoms with Crippen molar-refractivity contribution in [3.8, 4) is 11.1 Å². The molecular formula is C40H30NOP. The summed E-state index contributed by atoms with van der Waals surface area (Å²) in [4.78, 5) is 5.38. The molecule has 6 aromatic carbocycles. The van der Waals surface area contributed by atoms with Crippen LogP contribution in [0.25, 0.3) is 49.8 Å². The fraction of sp³-hybridized carbons (Fsp3) is 0.0750. The number of aromatic nitrogens is 1. The first kappa shape index (κ1) is 25.9. The minimum Gasteiger partial charge on any atom is -0.309 e. The van der Waals surface area contributed by atoms with Gasteiger partial charge in [0.1, 0.15) is 0 Å². The van der Waals surface area contributed by atoms with Gasteiger partial charge in [0.25, 0.3) is 0 Å². The maximum absolute atomic E-state index is 15.0. The van der Waals surface area contributed by atoms with Crippen molar-refractivity contribution in [1.29, 1.82) is 0 Å². The maximum atomic E-state index is 15.0. The zero-order chi connectivity index (χ0) is 29.0. The number of benzene rings is 6. The molecule has 1 aliphatic carbocycles. The molecule has 0 spiro atoms. The zero-order valence-electron chi connectivity index (χ0n) is 23.9. The first-order valence-electron chi connectivity index (χ1n) is 14.9. The molecule has 3 heteroatoms. The number of hydrogen-bond acceptors (Lipinski definition) is 2. The molecule has 0 aliphatic heterocycles. The van der Waals surface area contributed by atoms with Gasteiger partial charge in [-0.2, -0.15) is 0 Å². The van der Waals surface area contributed by atoms with Gasteiger partial charge in [-0.25, -0.2) is 4.98 Å². The third-order valence-corrected chi connectivity index (χ3v) is 12.1. The van der Waals surface area contributed by atoms with Gasteiger partial charge in [0.2, 0.25) is 0 Å². The van der Waals surface area contributed by atoms with Gasteiger partial charge >= 0.3 is 0 Å². The van der Waals surface area contributed by atoms with Crippen LogP contribution in [0.2, 0.25) is 0 Å². The van der Waals surface area contributed by atoms with Gasteiger partial charge in [-0.05, 0) is 28.9 Å². The van der Waals surface area contributed by atoms with Crippen LogP contribution in [0.4, 0.5) is 0 Å². The molecule has 0 saturated carbocycles. The lowest BCUT2D eigenvalue weighted by molar-refractivity contribution is 0.592. The van der Waals surface area contributed by atoms with Crippen molar-refractivity contribution in [3.63, 3.8) is 0 Å². The van der Waals surface area contributed by atoms with E-state index in [-0.39, 0.29) is 0 Å². The standard InChI is InChI=1S/C40H30NOP/c1-27-11-10-18-35-33(27)25-26-37-38(36-24-21-28-12-8-9-17-34(28)39(36)41-40(35)37)29-19-22-32(23-20-29)43(42,30-13-4-2-5-14-30)31-15-6-3-7-16-31/h2-10,12-27H,11H2,1H3. The number of rotatable bonds is 4. The van der Waals surface area contributed by atoms with E-state index >= 15 is 4.57 Å². The van der Waals surface area contributed by atoms with Crippen molar-refractivity contribution in [2.24, 2.45) is 0 Å². The van der Waals surface area contributed by atoms with Crippen LogP contribution in [-0.4, -0.2) is 4.98 Å². The molecule has 0 radical (unpaired) electrons. The van der Waals surface area contributed by atoms with Gasteiger partial charge < -0.3 is 4.57 Å². The van der Waals surface area contributed by atoms with Crippen LogP contribution in [0.5, 0.6) is 0 Å². The highest BCUT2D eigenvalue weighted by atomic mass is 31.2. The summed E-state index contributed by atoms with van der Waals surface area (Å²) < 4.78 is 15.0. The maximum Gasteiger partial charge on any atom is 0.171 e. The summed E-state index contributed by atoms with van der Waals surface area (Å²) in [6.45, 7) is 2.29. The average Bonchev–Trinajstić information content (AvgIpc) is 3.08. The highest BCUT2D eigenvalue weighted by Crippen LogP contribution is 2.45. The Morgan fingerprint density at radius 2 is 1.21 bits per heavy atom. The van der Waals surface area contributed by atoms with Crippen molar-refractivity contribution in [2.45, 2.75) is 19.3 Å². The summed E-state index contributed by atoms with van der Waals surface area (Å²) in [5.41, 5.74) is 6.90. The predicted octanol–water partition coefficient (Wildman–Crippen LogP) is 9.37. The van der Waals surface area contributed by atoms with Crippen molar-refractivity contribution < 1.29 is 4.57 Å². The fourth-order valence-corrected chi connectivity index (χ4v) is 9.42. The van der Waals surface area contributed by atoms with E-state index in [0.717, 1.165) is 55.1 Å². The van der Waals surface area contributed by atoms with E-state index in [1.807, 2.05) is 60.7 Å². The van der Waals surface area contributed by atoms with Crippen molar-refractivity contribution in [1.82, 2.24) is 4.98 Å². The Morgan fingerprint density at radius 3 is 1.93 bits per heavy atom. The van der Waals surface area contributed by atoms with Crippen LogP contribution >= 0.6 is 7.14 Å². The quantitative estimate of drug-likeness (QED) is 0.120. The summed E-state index contributed by atoms with van der Waals surface area (Å²) in [6.07, 6.45) is 5.58. The second-order valence-corrected chi connectivity index (χ2v) is 14.3. The van der Waals surface area contributed by atoms with E-state index in [2.05, 4.69) is 91.9 Å². The molecule has 0 bridgehead atoms. The second kappa shape index (κ2) is 10.2. The van der Waals surface area contributed by atoms with Crippen LogP contribution in [0, 0.1) is 0 Å². The summed E-state index contributed by atoms with van der Waals surface area (Å²) >= 11 is 0. The topological polar surface area (TPSA) is 30.0 Å². The number of allylic oxidation sites excluding steroid dienone is 1. The van der Waals surface area contributed by atoms with Crippen LogP contribution in [0.3, 0.4) is 0 Å². The molecule has 43 heavy (non-hydrogen) atoms. The van der Waals surface area contributed by atoms with Gasteiger partial charge in [-0.15, -0.1) is 0 Å². The Morgan fingerprint density at radius 1 is 0.605 bits per heavy atom. The third-order valence-electron chi connectivity index (χ3n) is 8.98. The molecule has 1 aliphatic rings. The van der Waals surface area contributed by atoms with Crippen LogP contribution in [0.15, 0.2) is 140 Å². The Balaban J connectivity index is 1.40. The van der Waals surface area contributed by atoms with Crippen molar-refractivity contribution in [3.05, 3.63) is 151 Å². The van der Waals surface area contributed by atoms with E-state index in [0.29, 0.717) is 5.92 Å². The lowest BCUT2D eigenvalue weighted by atomic mass is 9.85. The second-order valence-electron chi connectivity index (χ2n) is 11.5. The highest BCUT2D eigenvalue weighted by molar-refractivity contribution is 7.85. The first-order valence-corrected chi connectivity index (χ1v) is 16.6. The Kier molecular flexibility index (Phi) is 6.14. The molecule has 0 amide bonds. The monoisotopic (exact) mass is 571 g/mol. The summed E-state index contributed by atoms with van der Waals surface area (Å²) in [7, 11) is -3.06. The van der Waals surface area contributed by atoms with Gasteiger partial charge in [0.15, 0.2) is 7.14 Å². The molecule has 1 unspecified atom stereocenters. The number of fused-ring (bicyclic) bond motifs is 6. The molecule has 1 heterocycles. The molecule has 0 saturated heterocycles. The van der Waals surface area contributed by atoms with Crippen molar-refractivity contribution in [2.75, 3.05) is 0 Å². The largest absolute Gasteiger partial charge is 0.309 e. The SMILES string of the molecule is CC1CC=Cc2c1ccc1c(-c3ccc(P(=O)(c4ccccc4)c4ccccc4)cc3)c3ccc4ccccc4c3nc21. The molecule has 206 valence electrons. The van der Waals surface area contributed by atoms with Gasteiger partial charge in [0.05, 0.1) is 11.0 Å². The normalized spacial score (nSPS) is 14.8. The molecule has 1 aromatic heterocycles. The molecule has 2 nitrogen and oxygen atoms in total. The van der Waals surface area contributed by atoms with Gasteiger partial charge in [0, 0.05) is 43.2 Å². The van der Waals surface area contributed by atoms with E-state index in [1.54, 1.807) is 0 Å². The van der Waals surface area contributed by atoms with Crippen LogP contribution in [0.1, 0.15) is 30.4 Å². The predicted molar refractivity (Wildman–Crippen MR) is 184 cm³/mol. The van der Waals surface area contributed by atoms with Gasteiger partial charge in [-0.3, -0.25) is 0 Å². The molecule has 7 aromatic rings. The Labute approximate surface area is 251 Å².